The van der Waals surface area contributed by atoms with E-state index >= 15 is 0 Å². The van der Waals surface area contributed by atoms with Crippen LogP contribution in [0.4, 0.5) is 0 Å². The van der Waals surface area contributed by atoms with E-state index in [1.807, 2.05) is 20.8 Å². The van der Waals surface area contributed by atoms with Crippen molar-refractivity contribution in [3.05, 3.63) is 23.8 Å². The van der Waals surface area contributed by atoms with Crippen LogP contribution in [-0.4, -0.2) is 48.2 Å². The maximum Gasteiger partial charge on any atom is 0.308 e. The van der Waals surface area contributed by atoms with Gasteiger partial charge < -0.3 is 19.5 Å². The number of methoxy groups -OCH3 is 1. The minimum Gasteiger partial charge on any atom is -0.497 e. The Balaban J connectivity index is 2.29. The fourth-order valence-corrected chi connectivity index (χ4v) is 3.02. The van der Waals surface area contributed by atoms with E-state index in [-0.39, 0.29) is 24.5 Å². The van der Waals surface area contributed by atoms with E-state index in [9.17, 15) is 14.7 Å². The highest BCUT2D eigenvalue weighted by Crippen LogP contribution is 2.29. The van der Waals surface area contributed by atoms with E-state index in [0.29, 0.717) is 30.0 Å². The lowest BCUT2D eigenvalue weighted by atomic mass is 9.90. The summed E-state index contributed by atoms with van der Waals surface area (Å²) in [6.07, 6.45) is 0.507. The molecule has 132 valence electrons. The quantitative estimate of drug-likeness (QED) is 0.895. The molecule has 2 rings (SSSR count). The Morgan fingerprint density at radius 2 is 2.00 bits per heavy atom. The Kier molecular flexibility index (Phi) is 5.70. The first kappa shape index (κ1) is 18.1. The molecular weight excluding hydrogens is 310 g/mol. The van der Waals surface area contributed by atoms with Crippen molar-refractivity contribution >= 4 is 11.9 Å². The minimum absolute atomic E-state index is 0.0873. The summed E-state index contributed by atoms with van der Waals surface area (Å²) in [5.74, 6) is -0.363. The summed E-state index contributed by atoms with van der Waals surface area (Å²) in [5, 5.41) is 9.29. The molecule has 0 spiro atoms. The van der Waals surface area contributed by atoms with Crippen LogP contribution >= 0.6 is 0 Å². The second kappa shape index (κ2) is 7.55. The summed E-state index contributed by atoms with van der Waals surface area (Å²) >= 11 is 0. The predicted molar refractivity (Wildman–Crippen MR) is 89.6 cm³/mol. The molecule has 1 heterocycles. The molecule has 1 N–H and O–H groups in total. The van der Waals surface area contributed by atoms with E-state index in [2.05, 4.69) is 0 Å². The number of rotatable bonds is 5. The molecule has 1 aromatic rings. The van der Waals surface area contributed by atoms with Gasteiger partial charge in [-0.2, -0.15) is 0 Å². The Bertz CT molecular complexity index is 613. The average Bonchev–Trinajstić information content (AvgIpc) is 2.52. The third kappa shape index (κ3) is 4.19. The van der Waals surface area contributed by atoms with Crippen molar-refractivity contribution in [2.24, 2.45) is 11.8 Å². The van der Waals surface area contributed by atoms with Crippen molar-refractivity contribution in [2.75, 3.05) is 20.2 Å². The van der Waals surface area contributed by atoms with Crippen LogP contribution in [0.5, 0.6) is 11.5 Å². The molecule has 2 unspecified atom stereocenters. The minimum atomic E-state index is -0.854. The van der Waals surface area contributed by atoms with Crippen LogP contribution in [0, 0.1) is 11.8 Å². The number of hydrogen-bond donors (Lipinski definition) is 1. The molecule has 1 amide bonds. The van der Waals surface area contributed by atoms with Gasteiger partial charge in [-0.15, -0.1) is 0 Å². The molecule has 0 aliphatic carbocycles. The molecule has 0 saturated carbocycles. The molecule has 1 fully saturated rings. The van der Waals surface area contributed by atoms with Crippen LogP contribution in [0.3, 0.4) is 0 Å². The molecule has 6 heteroatoms. The summed E-state index contributed by atoms with van der Waals surface area (Å²) in [5.41, 5.74) is 0.433. The Morgan fingerprint density at radius 1 is 1.29 bits per heavy atom. The van der Waals surface area contributed by atoms with Crippen LogP contribution in [0.2, 0.25) is 0 Å². The van der Waals surface area contributed by atoms with Crippen molar-refractivity contribution in [2.45, 2.75) is 33.3 Å². The highest BCUT2D eigenvalue weighted by molar-refractivity contribution is 5.97. The van der Waals surface area contributed by atoms with Crippen molar-refractivity contribution < 1.29 is 24.2 Å². The second-order valence-electron chi connectivity index (χ2n) is 6.61. The number of carbonyl (C=O) groups excluding carboxylic acids is 1. The van der Waals surface area contributed by atoms with Gasteiger partial charge in [0, 0.05) is 19.2 Å². The van der Waals surface area contributed by atoms with Gasteiger partial charge in [0.1, 0.15) is 11.5 Å². The predicted octanol–water partition coefficient (Wildman–Crippen LogP) is 2.67. The highest BCUT2D eigenvalue weighted by Gasteiger charge is 2.33. The fourth-order valence-electron chi connectivity index (χ4n) is 3.02. The summed E-state index contributed by atoms with van der Waals surface area (Å²) < 4.78 is 11.0. The Hall–Kier alpha value is -2.24. The van der Waals surface area contributed by atoms with Gasteiger partial charge in [-0.3, -0.25) is 9.59 Å². The summed E-state index contributed by atoms with van der Waals surface area (Å²) in [4.78, 5) is 25.9. The van der Waals surface area contributed by atoms with Crippen LogP contribution in [0.1, 0.15) is 37.6 Å². The van der Waals surface area contributed by atoms with Gasteiger partial charge in [-0.1, -0.05) is 6.92 Å². The molecule has 1 saturated heterocycles. The molecular formula is C18H25NO5. The smallest absolute Gasteiger partial charge is 0.308 e. The van der Waals surface area contributed by atoms with E-state index in [0.717, 1.165) is 0 Å². The summed E-state index contributed by atoms with van der Waals surface area (Å²) in [7, 11) is 1.56. The van der Waals surface area contributed by atoms with Crippen LogP contribution < -0.4 is 9.47 Å². The molecule has 0 aromatic heterocycles. The van der Waals surface area contributed by atoms with Crippen molar-refractivity contribution in [1.82, 2.24) is 4.90 Å². The first-order valence-electron chi connectivity index (χ1n) is 8.18. The zero-order valence-electron chi connectivity index (χ0n) is 14.6. The van der Waals surface area contributed by atoms with Crippen molar-refractivity contribution in [3.63, 3.8) is 0 Å². The third-order valence-electron chi connectivity index (χ3n) is 4.08. The number of hydrogen-bond acceptors (Lipinski definition) is 4. The standard InChI is InChI=1S/C18H25NO5/c1-11(2)24-16-8-14(23-4)5-6-15(16)17(20)19-9-12(3)7-13(10-19)18(21)22/h5-6,8,11-13H,7,9-10H2,1-4H3,(H,21,22). The van der Waals surface area contributed by atoms with Crippen LogP contribution in [0.15, 0.2) is 18.2 Å². The molecule has 1 aliphatic heterocycles. The number of ether oxygens (including phenoxy) is 2. The highest BCUT2D eigenvalue weighted by atomic mass is 16.5. The van der Waals surface area contributed by atoms with Gasteiger partial charge in [-0.05, 0) is 38.3 Å². The van der Waals surface area contributed by atoms with Crippen molar-refractivity contribution in [1.29, 1.82) is 0 Å². The number of aliphatic carboxylic acids is 1. The molecule has 2 atom stereocenters. The lowest BCUT2D eigenvalue weighted by Crippen LogP contribution is -2.45. The second-order valence-corrected chi connectivity index (χ2v) is 6.61. The largest absolute Gasteiger partial charge is 0.497 e. The van der Waals surface area contributed by atoms with Gasteiger partial charge in [0.2, 0.25) is 0 Å². The normalized spacial score (nSPS) is 20.8. The first-order valence-corrected chi connectivity index (χ1v) is 8.18. The lowest BCUT2D eigenvalue weighted by molar-refractivity contribution is -0.143. The number of carboxylic acid groups (broad SMARTS) is 1. The van der Waals surface area contributed by atoms with Gasteiger partial charge >= 0.3 is 5.97 Å². The van der Waals surface area contributed by atoms with Crippen molar-refractivity contribution in [3.8, 4) is 11.5 Å². The Labute approximate surface area is 142 Å². The third-order valence-corrected chi connectivity index (χ3v) is 4.08. The van der Waals surface area contributed by atoms with E-state index in [1.165, 1.54) is 0 Å². The molecule has 1 aliphatic rings. The zero-order chi connectivity index (χ0) is 17.9. The number of likely N-dealkylation sites (tertiary alicyclic amines) is 1. The SMILES string of the molecule is COc1ccc(C(=O)N2CC(C)CC(C(=O)O)C2)c(OC(C)C)c1. The molecule has 1 aromatic carbocycles. The monoisotopic (exact) mass is 335 g/mol. The Morgan fingerprint density at radius 3 is 2.58 bits per heavy atom. The van der Waals surface area contributed by atoms with Crippen LogP contribution in [0.25, 0.3) is 0 Å². The van der Waals surface area contributed by atoms with E-state index < -0.39 is 11.9 Å². The van der Waals surface area contributed by atoms with Gasteiger partial charge in [0.25, 0.3) is 5.91 Å². The number of carboxylic acids is 1. The van der Waals surface area contributed by atoms with E-state index in [1.54, 1.807) is 30.2 Å². The number of nitrogens with zero attached hydrogens (tertiary/aromatic N) is 1. The molecule has 24 heavy (non-hydrogen) atoms. The number of piperidine rings is 1. The van der Waals surface area contributed by atoms with E-state index in [4.69, 9.17) is 9.47 Å². The number of carbonyl (C=O) groups is 2. The van der Waals surface area contributed by atoms with Gasteiger partial charge in [0.05, 0.1) is 24.7 Å². The summed E-state index contributed by atoms with van der Waals surface area (Å²) in [6, 6.07) is 5.08. The lowest BCUT2D eigenvalue weighted by Gasteiger charge is -2.35. The maximum atomic E-state index is 12.9. The maximum absolute atomic E-state index is 12.9. The zero-order valence-corrected chi connectivity index (χ0v) is 14.6. The number of amides is 1. The fraction of sp³-hybridized carbons (Fsp3) is 0.556. The molecule has 6 nitrogen and oxygen atoms in total. The average molecular weight is 335 g/mol. The molecule has 0 radical (unpaired) electrons. The number of benzene rings is 1. The molecule has 0 bridgehead atoms. The van der Waals surface area contributed by atoms with Gasteiger partial charge in [0.15, 0.2) is 0 Å². The van der Waals surface area contributed by atoms with Crippen LogP contribution in [-0.2, 0) is 4.79 Å². The topological polar surface area (TPSA) is 76.1 Å². The first-order chi connectivity index (χ1) is 11.3. The van der Waals surface area contributed by atoms with Gasteiger partial charge in [-0.25, -0.2) is 0 Å². The summed E-state index contributed by atoms with van der Waals surface area (Å²) in [6.45, 7) is 6.52.